The minimum absolute atomic E-state index is 0.0186. The van der Waals surface area contributed by atoms with Crippen LogP contribution >= 0.6 is 11.8 Å². The van der Waals surface area contributed by atoms with Crippen LogP contribution in [-0.4, -0.2) is 31.6 Å². The van der Waals surface area contributed by atoms with Gasteiger partial charge in [-0.05, 0) is 25.2 Å². The highest BCUT2D eigenvalue weighted by atomic mass is 32.2. The van der Waals surface area contributed by atoms with Crippen LogP contribution in [0.1, 0.15) is 25.0 Å². The van der Waals surface area contributed by atoms with Gasteiger partial charge in [0, 0.05) is 31.4 Å². The normalized spacial score (nSPS) is 19.4. The van der Waals surface area contributed by atoms with Gasteiger partial charge < -0.3 is 15.2 Å². The maximum Gasteiger partial charge on any atom is 0.250 e. The zero-order chi connectivity index (χ0) is 17.3. The topological polar surface area (TPSA) is 76.2 Å². The third-order valence-corrected chi connectivity index (χ3v) is 5.08. The molecule has 1 aliphatic heterocycles. The SMILES string of the molecule is CCc1cnn2c1NC(C)(SC)N=C2NCc1ccc(=O)n(C)c1. The molecule has 0 saturated heterocycles. The highest BCUT2D eigenvalue weighted by molar-refractivity contribution is 8.00. The summed E-state index contributed by atoms with van der Waals surface area (Å²) in [6, 6.07) is 3.40. The fraction of sp³-hybridized carbons (Fsp3) is 0.438. The summed E-state index contributed by atoms with van der Waals surface area (Å²) < 4.78 is 3.38. The van der Waals surface area contributed by atoms with Crippen molar-refractivity contribution in [3.8, 4) is 0 Å². The van der Waals surface area contributed by atoms with Crippen molar-refractivity contribution >= 4 is 23.5 Å². The average molecular weight is 346 g/mol. The molecule has 3 heterocycles. The Kier molecular flexibility index (Phi) is 4.40. The van der Waals surface area contributed by atoms with E-state index in [1.807, 2.05) is 31.6 Å². The molecular weight excluding hydrogens is 324 g/mol. The lowest BCUT2D eigenvalue weighted by Gasteiger charge is -2.32. The van der Waals surface area contributed by atoms with E-state index in [1.165, 1.54) is 0 Å². The number of pyridine rings is 1. The summed E-state index contributed by atoms with van der Waals surface area (Å²) in [5.74, 6) is 1.68. The Morgan fingerprint density at radius 1 is 1.42 bits per heavy atom. The van der Waals surface area contributed by atoms with Crippen LogP contribution in [0.4, 0.5) is 5.82 Å². The molecule has 1 aliphatic rings. The molecule has 24 heavy (non-hydrogen) atoms. The van der Waals surface area contributed by atoms with Gasteiger partial charge in [0.1, 0.15) is 5.82 Å². The summed E-state index contributed by atoms with van der Waals surface area (Å²) in [6.07, 6.45) is 6.63. The zero-order valence-electron chi connectivity index (χ0n) is 14.3. The molecule has 8 heteroatoms. The smallest absolute Gasteiger partial charge is 0.250 e. The van der Waals surface area contributed by atoms with Crippen LogP contribution in [0.25, 0.3) is 0 Å². The molecule has 0 bridgehead atoms. The van der Waals surface area contributed by atoms with Gasteiger partial charge in [-0.2, -0.15) is 9.78 Å². The Balaban J connectivity index is 1.88. The highest BCUT2D eigenvalue weighted by Crippen LogP contribution is 2.32. The molecular formula is C16H22N6OS. The molecule has 7 nitrogen and oxygen atoms in total. The monoisotopic (exact) mass is 346 g/mol. The standard InChI is InChI=1S/C16H22N6OS/c1-5-12-9-18-22-14(12)19-16(2,24-4)20-15(22)17-8-11-6-7-13(23)21(3)10-11/h6-7,9-10,19H,5,8H2,1-4H3,(H,17,20). The van der Waals surface area contributed by atoms with Crippen LogP contribution in [0.3, 0.4) is 0 Å². The zero-order valence-corrected chi connectivity index (χ0v) is 15.1. The average Bonchev–Trinajstić information content (AvgIpc) is 2.98. The second kappa shape index (κ2) is 6.35. The maximum absolute atomic E-state index is 11.5. The highest BCUT2D eigenvalue weighted by Gasteiger charge is 2.31. The molecule has 0 saturated carbocycles. The molecule has 0 aliphatic carbocycles. The molecule has 0 amide bonds. The van der Waals surface area contributed by atoms with Crippen molar-refractivity contribution in [2.24, 2.45) is 12.0 Å². The number of rotatable bonds is 4. The number of aryl methyl sites for hydroxylation is 2. The first kappa shape index (κ1) is 16.6. The van der Waals surface area contributed by atoms with Crippen molar-refractivity contribution in [2.45, 2.75) is 31.8 Å². The molecule has 2 aromatic rings. The van der Waals surface area contributed by atoms with Crippen LogP contribution in [-0.2, 0) is 20.0 Å². The van der Waals surface area contributed by atoms with E-state index in [4.69, 9.17) is 4.99 Å². The van der Waals surface area contributed by atoms with Crippen LogP contribution in [0, 0.1) is 0 Å². The first-order valence-electron chi connectivity index (χ1n) is 7.85. The van der Waals surface area contributed by atoms with Crippen molar-refractivity contribution in [2.75, 3.05) is 11.6 Å². The Morgan fingerprint density at radius 3 is 2.88 bits per heavy atom. The molecule has 128 valence electrons. The summed E-state index contributed by atoms with van der Waals surface area (Å²) in [5, 5.41) is 11.3. The number of nitrogens with zero attached hydrogens (tertiary/aromatic N) is 4. The van der Waals surface area contributed by atoms with Gasteiger partial charge in [0.2, 0.25) is 11.5 Å². The number of aromatic nitrogens is 3. The predicted molar refractivity (Wildman–Crippen MR) is 98.5 cm³/mol. The maximum atomic E-state index is 11.5. The fourth-order valence-corrected chi connectivity index (χ4v) is 2.96. The lowest BCUT2D eigenvalue weighted by molar-refractivity contribution is 0.687. The van der Waals surface area contributed by atoms with Crippen molar-refractivity contribution in [3.63, 3.8) is 0 Å². The van der Waals surface area contributed by atoms with Gasteiger partial charge in [-0.3, -0.25) is 4.79 Å². The molecule has 0 aromatic carbocycles. The first-order chi connectivity index (χ1) is 11.5. The number of aliphatic imine (C=N–C) groups is 1. The van der Waals surface area contributed by atoms with E-state index in [-0.39, 0.29) is 5.56 Å². The summed E-state index contributed by atoms with van der Waals surface area (Å²) in [7, 11) is 1.75. The summed E-state index contributed by atoms with van der Waals surface area (Å²) in [5.41, 5.74) is 2.15. The molecule has 2 N–H and O–H groups in total. The number of hydrogen-bond acceptors (Lipinski definition) is 6. The fourth-order valence-electron chi connectivity index (χ4n) is 2.58. The largest absolute Gasteiger partial charge is 0.350 e. The van der Waals surface area contributed by atoms with E-state index in [0.29, 0.717) is 12.5 Å². The van der Waals surface area contributed by atoms with E-state index in [9.17, 15) is 4.79 Å². The van der Waals surface area contributed by atoms with Gasteiger partial charge in [-0.1, -0.05) is 13.0 Å². The summed E-state index contributed by atoms with van der Waals surface area (Å²) in [6.45, 7) is 4.72. The van der Waals surface area contributed by atoms with Crippen LogP contribution in [0.2, 0.25) is 0 Å². The molecule has 0 fully saturated rings. The van der Waals surface area contributed by atoms with Gasteiger partial charge in [0.15, 0.2) is 4.99 Å². The minimum Gasteiger partial charge on any atom is -0.350 e. The van der Waals surface area contributed by atoms with Gasteiger partial charge in [-0.25, -0.2) is 4.99 Å². The lowest BCUT2D eigenvalue weighted by Crippen LogP contribution is -2.43. The van der Waals surface area contributed by atoms with Crippen LogP contribution in [0.5, 0.6) is 0 Å². The lowest BCUT2D eigenvalue weighted by atomic mass is 10.2. The van der Waals surface area contributed by atoms with Crippen molar-refractivity contribution in [1.82, 2.24) is 19.7 Å². The third kappa shape index (κ3) is 3.06. The molecule has 0 radical (unpaired) electrons. The molecule has 2 aromatic heterocycles. The van der Waals surface area contributed by atoms with Gasteiger partial charge in [0.05, 0.1) is 6.20 Å². The molecule has 1 unspecified atom stereocenters. The van der Waals surface area contributed by atoms with Gasteiger partial charge in [-0.15, -0.1) is 11.8 Å². The van der Waals surface area contributed by atoms with Crippen molar-refractivity contribution in [3.05, 3.63) is 46.0 Å². The molecule has 3 rings (SSSR count). The quantitative estimate of drug-likeness (QED) is 0.879. The van der Waals surface area contributed by atoms with Crippen molar-refractivity contribution < 1.29 is 0 Å². The summed E-state index contributed by atoms with van der Waals surface area (Å²) in [4.78, 5) is 15.8. The Hall–Kier alpha value is -2.22. The number of anilines is 1. The van der Waals surface area contributed by atoms with E-state index in [0.717, 1.165) is 23.4 Å². The Bertz CT molecular complexity index is 839. The van der Waals surface area contributed by atoms with Crippen LogP contribution in [0.15, 0.2) is 34.3 Å². The third-order valence-electron chi connectivity index (χ3n) is 4.09. The predicted octanol–water partition coefficient (Wildman–Crippen LogP) is 1.60. The Labute approximate surface area is 145 Å². The first-order valence-corrected chi connectivity index (χ1v) is 9.08. The van der Waals surface area contributed by atoms with Crippen molar-refractivity contribution in [1.29, 1.82) is 0 Å². The summed E-state index contributed by atoms with van der Waals surface area (Å²) >= 11 is 1.64. The number of hydrogen-bond donors (Lipinski definition) is 2. The second-order valence-electron chi connectivity index (χ2n) is 5.87. The van der Waals surface area contributed by atoms with E-state index in [1.54, 1.807) is 34.1 Å². The number of thioether (sulfide) groups is 1. The Morgan fingerprint density at radius 2 is 2.21 bits per heavy atom. The van der Waals surface area contributed by atoms with E-state index < -0.39 is 4.99 Å². The minimum atomic E-state index is -0.439. The van der Waals surface area contributed by atoms with Crippen LogP contribution < -0.4 is 16.2 Å². The molecule has 0 spiro atoms. The number of fused-ring (bicyclic) bond motifs is 1. The van der Waals surface area contributed by atoms with Gasteiger partial charge >= 0.3 is 0 Å². The molecule has 1 atom stereocenters. The van der Waals surface area contributed by atoms with Gasteiger partial charge in [0.25, 0.3) is 0 Å². The van der Waals surface area contributed by atoms with E-state index >= 15 is 0 Å². The van der Waals surface area contributed by atoms with E-state index in [2.05, 4.69) is 22.7 Å². The number of nitrogens with one attached hydrogen (secondary N) is 2. The second-order valence-corrected chi connectivity index (χ2v) is 7.07.